The van der Waals surface area contributed by atoms with Gasteiger partial charge in [-0.25, -0.2) is 0 Å². The van der Waals surface area contributed by atoms with Crippen molar-refractivity contribution >= 4 is 11.9 Å². The van der Waals surface area contributed by atoms with Crippen molar-refractivity contribution in [2.75, 3.05) is 0 Å². The molecule has 0 radical (unpaired) electrons. The number of hydrogen-bond acceptors (Lipinski definition) is 4. The van der Waals surface area contributed by atoms with E-state index in [9.17, 15) is 14.7 Å². The van der Waals surface area contributed by atoms with Gasteiger partial charge in [0.15, 0.2) is 0 Å². The van der Waals surface area contributed by atoms with Crippen LogP contribution in [0.15, 0.2) is 54.6 Å². The molecule has 3 fully saturated rings. The van der Waals surface area contributed by atoms with Gasteiger partial charge in [0.2, 0.25) is 0 Å². The van der Waals surface area contributed by atoms with E-state index in [1.165, 1.54) is 5.57 Å². The number of carbonyl (C=O) groups excluding carboxylic acids is 1. The number of fused-ring (bicyclic) bond motifs is 3. The van der Waals surface area contributed by atoms with Crippen LogP contribution in [-0.4, -0.2) is 35.2 Å². The summed E-state index contributed by atoms with van der Waals surface area (Å²) in [6, 6.07) is 8.03. The highest BCUT2D eigenvalue weighted by Crippen LogP contribution is 2.51. The Morgan fingerprint density at radius 2 is 1.89 bits per heavy atom. The maximum atomic E-state index is 12.7. The van der Waals surface area contributed by atoms with Crippen LogP contribution in [0.3, 0.4) is 0 Å². The Hall–Kier alpha value is -2.40. The molecule has 0 bridgehead atoms. The number of aliphatic carboxylic acids is 1. The largest absolute Gasteiger partial charge is 0.480 e. The van der Waals surface area contributed by atoms with E-state index < -0.39 is 18.1 Å². The molecule has 5 heteroatoms. The van der Waals surface area contributed by atoms with E-state index in [0.29, 0.717) is 12.3 Å². The zero-order chi connectivity index (χ0) is 19.8. The molecule has 1 saturated heterocycles. The third kappa shape index (κ3) is 3.39. The number of nitrogens with one attached hydrogen (secondary N) is 1. The van der Waals surface area contributed by atoms with E-state index in [0.717, 1.165) is 36.8 Å². The maximum absolute atomic E-state index is 12.7. The molecular formula is C23H27NO4. The zero-order valence-corrected chi connectivity index (χ0v) is 16.0. The highest BCUT2D eigenvalue weighted by atomic mass is 16.6. The molecule has 0 spiro atoms. The fourth-order valence-corrected chi connectivity index (χ4v) is 5.23. The molecule has 2 N–H and O–H groups in total. The van der Waals surface area contributed by atoms with E-state index in [-0.39, 0.29) is 23.9 Å². The monoisotopic (exact) mass is 381 g/mol. The van der Waals surface area contributed by atoms with Crippen molar-refractivity contribution in [3.63, 3.8) is 0 Å². The Bertz CT molecular complexity index is 802. The first-order valence-electron chi connectivity index (χ1n) is 10.0. The van der Waals surface area contributed by atoms with E-state index in [1.807, 2.05) is 30.3 Å². The van der Waals surface area contributed by atoms with Crippen molar-refractivity contribution in [1.82, 2.24) is 5.32 Å². The topological polar surface area (TPSA) is 75.6 Å². The number of benzene rings is 1. The summed E-state index contributed by atoms with van der Waals surface area (Å²) in [7, 11) is 0. The first-order chi connectivity index (χ1) is 13.5. The van der Waals surface area contributed by atoms with Crippen molar-refractivity contribution in [3.05, 3.63) is 60.2 Å². The molecule has 2 saturated carbocycles. The standard InChI is InChI=1S/C23H27NO4/c1-13-8-11-17-20(23(27)28-21(17)19-14(2)9-10-16(13)19)24-18(22(25)26)12-15-6-4-3-5-7-15/h3-7,16-21,24H,1-2,8-12H2,(H,25,26)/t16-,17-,18-,19-,20-,21-/m0/s1. The van der Waals surface area contributed by atoms with Gasteiger partial charge in [0.05, 0.1) is 0 Å². The molecule has 1 aromatic rings. The average molecular weight is 381 g/mol. The number of allylic oxidation sites excluding steroid dienone is 1. The molecule has 1 aliphatic heterocycles. The molecule has 5 nitrogen and oxygen atoms in total. The lowest BCUT2D eigenvalue weighted by molar-refractivity contribution is -0.145. The summed E-state index contributed by atoms with van der Waals surface area (Å²) >= 11 is 0. The lowest BCUT2D eigenvalue weighted by Crippen LogP contribution is -2.50. The molecule has 0 unspecified atom stereocenters. The normalized spacial score (nSPS) is 33.0. The molecule has 148 valence electrons. The number of hydrogen-bond donors (Lipinski definition) is 2. The Kier molecular flexibility index (Phi) is 5.11. The van der Waals surface area contributed by atoms with Crippen LogP contribution in [-0.2, 0) is 20.7 Å². The van der Waals surface area contributed by atoms with Crippen LogP contribution in [0.2, 0.25) is 0 Å². The minimum atomic E-state index is -0.957. The molecule has 2 aliphatic carbocycles. The number of esters is 1. The Balaban J connectivity index is 1.55. The average Bonchev–Trinajstić information content (AvgIpc) is 3.15. The molecule has 0 aromatic heterocycles. The number of carboxylic acid groups (broad SMARTS) is 1. The van der Waals surface area contributed by atoms with Crippen LogP contribution >= 0.6 is 0 Å². The Morgan fingerprint density at radius 1 is 1.18 bits per heavy atom. The molecule has 28 heavy (non-hydrogen) atoms. The predicted octanol–water partition coefficient (Wildman–Crippen LogP) is 3.11. The van der Waals surface area contributed by atoms with Crippen LogP contribution in [0.4, 0.5) is 0 Å². The van der Waals surface area contributed by atoms with Crippen LogP contribution in [0.1, 0.15) is 31.2 Å². The summed E-state index contributed by atoms with van der Waals surface area (Å²) in [6.07, 6.45) is 3.69. The molecule has 4 rings (SSSR count). The lowest BCUT2D eigenvalue weighted by atomic mass is 9.81. The zero-order valence-electron chi connectivity index (χ0n) is 16.0. The van der Waals surface area contributed by atoms with Gasteiger partial charge in [-0.3, -0.25) is 14.9 Å². The third-order valence-corrected chi connectivity index (χ3v) is 6.68. The van der Waals surface area contributed by atoms with Gasteiger partial charge in [0.1, 0.15) is 18.2 Å². The minimum Gasteiger partial charge on any atom is -0.480 e. The van der Waals surface area contributed by atoms with Gasteiger partial charge in [-0.15, -0.1) is 0 Å². The summed E-state index contributed by atoms with van der Waals surface area (Å²) in [5.41, 5.74) is 3.27. The highest BCUT2D eigenvalue weighted by Gasteiger charge is 2.54. The van der Waals surface area contributed by atoms with Crippen molar-refractivity contribution < 1.29 is 19.4 Å². The Morgan fingerprint density at radius 3 is 2.61 bits per heavy atom. The number of carboxylic acids is 1. The minimum absolute atomic E-state index is 0.0493. The number of ether oxygens (including phenoxy) is 1. The highest BCUT2D eigenvalue weighted by molar-refractivity contribution is 5.81. The van der Waals surface area contributed by atoms with Gasteiger partial charge in [0, 0.05) is 11.8 Å². The summed E-state index contributed by atoms with van der Waals surface area (Å²) in [6.45, 7) is 8.49. The van der Waals surface area contributed by atoms with Crippen LogP contribution in [0.25, 0.3) is 0 Å². The van der Waals surface area contributed by atoms with Gasteiger partial charge in [-0.1, -0.05) is 54.6 Å². The van der Waals surface area contributed by atoms with Crippen LogP contribution in [0.5, 0.6) is 0 Å². The summed E-state index contributed by atoms with van der Waals surface area (Å²) in [5.74, 6) is -0.893. The van der Waals surface area contributed by atoms with Crippen LogP contribution < -0.4 is 5.32 Å². The van der Waals surface area contributed by atoms with Crippen molar-refractivity contribution in [2.45, 2.75) is 50.3 Å². The maximum Gasteiger partial charge on any atom is 0.323 e. The number of rotatable bonds is 5. The van der Waals surface area contributed by atoms with E-state index >= 15 is 0 Å². The molecule has 6 atom stereocenters. The fourth-order valence-electron chi connectivity index (χ4n) is 5.23. The fraction of sp³-hybridized carbons (Fsp3) is 0.478. The summed E-state index contributed by atoms with van der Waals surface area (Å²) in [5, 5.41) is 12.8. The van der Waals surface area contributed by atoms with E-state index in [4.69, 9.17) is 4.74 Å². The van der Waals surface area contributed by atoms with Crippen LogP contribution in [0, 0.1) is 17.8 Å². The first kappa shape index (κ1) is 18.9. The SMILES string of the molecule is C=C1CC[C@H]2C(=C)CC[C@@H]3[C@H](OC(=O)[C@H]3N[C@@H](Cc3ccccc3)C(=O)O)[C@@H]12. The van der Waals surface area contributed by atoms with Gasteiger partial charge in [0.25, 0.3) is 0 Å². The van der Waals surface area contributed by atoms with Gasteiger partial charge < -0.3 is 9.84 Å². The third-order valence-electron chi connectivity index (χ3n) is 6.68. The Labute approximate surface area is 165 Å². The molecule has 1 aromatic carbocycles. The smallest absolute Gasteiger partial charge is 0.323 e. The molecule has 0 amide bonds. The molecule has 3 aliphatic rings. The van der Waals surface area contributed by atoms with E-state index in [1.54, 1.807) is 0 Å². The van der Waals surface area contributed by atoms with Gasteiger partial charge >= 0.3 is 11.9 Å². The first-order valence-corrected chi connectivity index (χ1v) is 10.0. The molecule has 1 heterocycles. The second-order valence-corrected chi connectivity index (χ2v) is 8.32. The second kappa shape index (κ2) is 7.55. The van der Waals surface area contributed by atoms with E-state index in [2.05, 4.69) is 18.5 Å². The lowest BCUT2D eigenvalue weighted by Gasteiger charge is -2.27. The molecular weight excluding hydrogens is 354 g/mol. The summed E-state index contributed by atoms with van der Waals surface area (Å²) < 4.78 is 5.83. The van der Waals surface area contributed by atoms with Crippen molar-refractivity contribution in [3.8, 4) is 0 Å². The second-order valence-electron chi connectivity index (χ2n) is 8.32. The predicted molar refractivity (Wildman–Crippen MR) is 106 cm³/mol. The number of carbonyl (C=O) groups is 2. The van der Waals surface area contributed by atoms with Crippen molar-refractivity contribution in [2.24, 2.45) is 17.8 Å². The van der Waals surface area contributed by atoms with Crippen molar-refractivity contribution in [1.29, 1.82) is 0 Å². The van der Waals surface area contributed by atoms with Gasteiger partial charge in [-0.05, 0) is 43.6 Å². The summed E-state index contributed by atoms with van der Waals surface area (Å²) in [4.78, 5) is 24.6. The van der Waals surface area contributed by atoms with Gasteiger partial charge in [-0.2, -0.15) is 0 Å². The quantitative estimate of drug-likeness (QED) is 0.605.